The minimum atomic E-state index is -0.163. The van der Waals surface area contributed by atoms with Crippen molar-refractivity contribution in [2.24, 2.45) is 5.18 Å². The number of hydrogen-bond acceptors (Lipinski definition) is 3. The number of rotatable bonds is 1. The Hall–Kier alpha value is -0.800. The maximum Gasteiger partial charge on any atom is 0.135 e. The molecule has 0 aliphatic rings. The summed E-state index contributed by atoms with van der Waals surface area (Å²) in [7, 11) is 0. The van der Waals surface area contributed by atoms with E-state index in [2.05, 4.69) is 5.18 Å². The molecule has 11 heavy (non-hydrogen) atoms. The Morgan fingerprint density at radius 2 is 1.91 bits per heavy atom. The van der Waals surface area contributed by atoms with E-state index in [4.69, 9.17) is 28.3 Å². The summed E-state index contributed by atoms with van der Waals surface area (Å²) in [5.41, 5.74) is 0.0227. The third-order valence-corrected chi connectivity index (χ3v) is 1.72. The molecule has 0 aliphatic heterocycles. The maximum atomic E-state index is 10.0. The zero-order valence-electron chi connectivity index (χ0n) is 5.21. The Bertz CT molecular complexity index is 301. The van der Waals surface area contributed by atoms with Crippen LogP contribution in [0, 0.1) is 4.91 Å². The second kappa shape index (κ2) is 3.07. The summed E-state index contributed by atoms with van der Waals surface area (Å²) in [5.74, 6) is -0.163. The summed E-state index contributed by atoms with van der Waals surface area (Å²) < 4.78 is 0. The minimum Gasteiger partial charge on any atom is -0.506 e. The van der Waals surface area contributed by atoms with Crippen LogP contribution in [0.4, 0.5) is 5.69 Å². The highest BCUT2D eigenvalue weighted by atomic mass is 35.5. The second-order valence-electron chi connectivity index (χ2n) is 1.85. The summed E-state index contributed by atoms with van der Waals surface area (Å²) in [6.45, 7) is 0. The van der Waals surface area contributed by atoms with Gasteiger partial charge in [0.05, 0.1) is 10.0 Å². The van der Waals surface area contributed by atoms with Gasteiger partial charge in [0.1, 0.15) is 11.4 Å². The summed E-state index contributed by atoms with van der Waals surface area (Å²) >= 11 is 10.9. The van der Waals surface area contributed by atoms with E-state index in [9.17, 15) is 4.91 Å². The van der Waals surface area contributed by atoms with Crippen molar-refractivity contribution in [1.82, 2.24) is 0 Å². The lowest BCUT2D eigenvalue weighted by Gasteiger charge is -1.97. The number of nitroso groups, excluding NO2 is 1. The standard InChI is InChI=1S/C6H3Cl2NO2/c7-3-2-6(10)4(8)1-5(3)9-11/h1-2,10H. The van der Waals surface area contributed by atoms with E-state index in [-0.39, 0.29) is 21.5 Å². The molecule has 0 fully saturated rings. The molecule has 0 aliphatic carbocycles. The molecule has 0 amide bonds. The lowest BCUT2D eigenvalue weighted by Crippen LogP contribution is -1.70. The van der Waals surface area contributed by atoms with Gasteiger partial charge in [-0.05, 0) is 11.2 Å². The van der Waals surface area contributed by atoms with Gasteiger partial charge in [0.25, 0.3) is 0 Å². The van der Waals surface area contributed by atoms with Gasteiger partial charge in [-0.2, -0.15) is 0 Å². The molecule has 0 saturated heterocycles. The maximum absolute atomic E-state index is 10.0. The summed E-state index contributed by atoms with van der Waals surface area (Å²) in [6.07, 6.45) is 0. The highest BCUT2D eigenvalue weighted by Gasteiger charge is 2.05. The molecule has 0 aromatic heterocycles. The van der Waals surface area contributed by atoms with Crippen LogP contribution < -0.4 is 0 Å². The number of hydrogen-bond donors (Lipinski definition) is 1. The van der Waals surface area contributed by atoms with E-state index < -0.39 is 0 Å². The molecule has 1 rings (SSSR count). The number of phenols is 1. The molecule has 0 saturated carbocycles. The molecule has 0 unspecified atom stereocenters. The Labute approximate surface area is 72.5 Å². The van der Waals surface area contributed by atoms with Crippen LogP contribution in [0.1, 0.15) is 0 Å². The van der Waals surface area contributed by atoms with Gasteiger partial charge in [0.2, 0.25) is 0 Å². The van der Waals surface area contributed by atoms with Crippen LogP contribution in [0.2, 0.25) is 10.0 Å². The lowest BCUT2D eigenvalue weighted by atomic mass is 10.3. The average Bonchev–Trinajstić information content (AvgIpc) is 1.97. The predicted molar refractivity (Wildman–Crippen MR) is 43.6 cm³/mol. The Morgan fingerprint density at radius 3 is 2.45 bits per heavy atom. The minimum absolute atomic E-state index is 0.0227. The van der Waals surface area contributed by atoms with Crippen LogP contribution in [0.15, 0.2) is 17.3 Å². The molecule has 0 spiro atoms. The summed E-state index contributed by atoms with van der Waals surface area (Å²) in [4.78, 5) is 10.0. The Morgan fingerprint density at radius 1 is 1.27 bits per heavy atom. The fourth-order valence-corrected chi connectivity index (χ4v) is 0.946. The average molecular weight is 192 g/mol. The normalized spacial score (nSPS) is 9.64. The van der Waals surface area contributed by atoms with Gasteiger partial charge in [-0.3, -0.25) is 0 Å². The van der Waals surface area contributed by atoms with Gasteiger partial charge >= 0.3 is 0 Å². The molecule has 5 heteroatoms. The number of phenolic OH excluding ortho intramolecular Hbond substituents is 1. The van der Waals surface area contributed by atoms with Gasteiger partial charge in [-0.25, -0.2) is 0 Å². The molecular weight excluding hydrogens is 189 g/mol. The van der Waals surface area contributed by atoms with Gasteiger partial charge in [-0.1, -0.05) is 23.2 Å². The first-order valence-corrected chi connectivity index (χ1v) is 3.42. The van der Waals surface area contributed by atoms with Gasteiger partial charge in [0.15, 0.2) is 0 Å². The van der Waals surface area contributed by atoms with Gasteiger partial charge in [-0.15, -0.1) is 4.91 Å². The van der Waals surface area contributed by atoms with Crippen molar-refractivity contribution in [2.45, 2.75) is 0 Å². The van der Waals surface area contributed by atoms with Crippen molar-refractivity contribution >= 4 is 28.9 Å². The van der Waals surface area contributed by atoms with Crippen molar-refractivity contribution in [3.63, 3.8) is 0 Å². The topological polar surface area (TPSA) is 49.7 Å². The zero-order chi connectivity index (χ0) is 8.43. The lowest BCUT2D eigenvalue weighted by molar-refractivity contribution is 0.475. The molecule has 1 N–H and O–H groups in total. The predicted octanol–water partition coefficient (Wildman–Crippen LogP) is 3.10. The fraction of sp³-hybridized carbons (Fsp3) is 0. The molecule has 0 bridgehead atoms. The first-order valence-electron chi connectivity index (χ1n) is 2.66. The molecule has 1 aromatic carbocycles. The van der Waals surface area contributed by atoms with E-state index in [0.717, 1.165) is 0 Å². The SMILES string of the molecule is O=Nc1cc(Cl)c(O)cc1Cl. The number of benzene rings is 1. The Balaban J connectivity index is 3.31. The smallest absolute Gasteiger partial charge is 0.135 e. The second-order valence-corrected chi connectivity index (χ2v) is 2.66. The molecular formula is C6H3Cl2NO2. The molecule has 0 radical (unpaired) electrons. The number of halogens is 2. The van der Waals surface area contributed by atoms with E-state index in [1.165, 1.54) is 12.1 Å². The zero-order valence-corrected chi connectivity index (χ0v) is 6.73. The van der Waals surface area contributed by atoms with Crippen molar-refractivity contribution in [2.75, 3.05) is 0 Å². The van der Waals surface area contributed by atoms with E-state index >= 15 is 0 Å². The van der Waals surface area contributed by atoms with E-state index in [1.807, 2.05) is 0 Å². The van der Waals surface area contributed by atoms with Crippen LogP contribution in [-0.2, 0) is 0 Å². The highest BCUT2D eigenvalue weighted by Crippen LogP contribution is 2.34. The van der Waals surface area contributed by atoms with Crippen LogP contribution >= 0.6 is 23.2 Å². The third kappa shape index (κ3) is 1.61. The quantitative estimate of drug-likeness (QED) is 0.694. The summed E-state index contributed by atoms with van der Waals surface area (Å²) in [6, 6.07) is 2.37. The molecule has 58 valence electrons. The van der Waals surface area contributed by atoms with E-state index in [1.54, 1.807) is 0 Å². The van der Waals surface area contributed by atoms with Crippen molar-refractivity contribution < 1.29 is 5.11 Å². The van der Waals surface area contributed by atoms with Crippen LogP contribution in [0.5, 0.6) is 5.75 Å². The Kier molecular flexibility index (Phi) is 2.31. The molecule has 1 aromatic rings. The first kappa shape index (κ1) is 8.30. The van der Waals surface area contributed by atoms with Crippen LogP contribution in [0.3, 0.4) is 0 Å². The van der Waals surface area contributed by atoms with Crippen molar-refractivity contribution in [3.05, 3.63) is 27.1 Å². The van der Waals surface area contributed by atoms with Crippen molar-refractivity contribution in [1.29, 1.82) is 0 Å². The number of nitrogens with zero attached hydrogens (tertiary/aromatic N) is 1. The highest BCUT2D eigenvalue weighted by molar-refractivity contribution is 6.36. The molecule has 3 nitrogen and oxygen atoms in total. The molecule has 0 atom stereocenters. The fourth-order valence-electron chi connectivity index (χ4n) is 0.596. The van der Waals surface area contributed by atoms with Gasteiger partial charge < -0.3 is 5.11 Å². The van der Waals surface area contributed by atoms with Crippen LogP contribution in [0.25, 0.3) is 0 Å². The first-order chi connectivity index (χ1) is 5.15. The molecule has 0 heterocycles. The van der Waals surface area contributed by atoms with E-state index in [0.29, 0.717) is 0 Å². The van der Waals surface area contributed by atoms with Crippen molar-refractivity contribution in [3.8, 4) is 5.75 Å². The number of aromatic hydroxyl groups is 1. The van der Waals surface area contributed by atoms with Gasteiger partial charge in [0, 0.05) is 6.07 Å². The third-order valence-electron chi connectivity index (χ3n) is 1.11. The van der Waals surface area contributed by atoms with Crippen LogP contribution in [-0.4, -0.2) is 5.11 Å². The largest absolute Gasteiger partial charge is 0.506 e. The summed E-state index contributed by atoms with van der Waals surface area (Å²) in [5, 5.41) is 11.7. The monoisotopic (exact) mass is 191 g/mol.